The van der Waals surface area contributed by atoms with Crippen molar-refractivity contribution in [1.82, 2.24) is 9.97 Å². The molecule has 0 aliphatic rings. The largest absolute Gasteiger partial charge is 0.496 e. The summed E-state index contributed by atoms with van der Waals surface area (Å²) >= 11 is 0. The zero-order chi connectivity index (χ0) is 19.4. The summed E-state index contributed by atoms with van der Waals surface area (Å²) in [5.41, 5.74) is 14.6. The summed E-state index contributed by atoms with van der Waals surface area (Å²) in [6.45, 7) is 2.27. The molecule has 0 saturated carbocycles. The number of methoxy groups -OCH3 is 1. The molecular weight excluding hydrogens is 342 g/mol. The lowest BCUT2D eigenvalue weighted by molar-refractivity contribution is 0.295. The fourth-order valence-corrected chi connectivity index (χ4v) is 2.73. The molecule has 1 aromatic heterocycles. The Morgan fingerprint density at radius 3 is 2.56 bits per heavy atom. The number of hydrogen-bond donors (Lipinski definition) is 2. The van der Waals surface area contributed by atoms with Gasteiger partial charge in [-0.05, 0) is 36.8 Å². The number of nitrogen functional groups attached to an aromatic ring is 2. The van der Waals surface area contributed by atoms with Gasteiger partial charge < -0.3 is 20.9 Å². The second kappa shape index (κ2) is 7.62. The molecule has 7 nitrogen and oxygen atoms in total. The van der Waals surface area contributed by atoms with E-state index in [0.717, 1.165) is 16.9 Å². The number of nitrogens with two attached hydrogens (primary N) is 2. The molecule has 1 heterocycles. The third-order valence-electron chi connectivity index (χ3n) is 4.10. The number of hydrogen-bond acceptors (Lipinski definition) is 7. The van der Waals surface area contributed by atoms with Crippen molar-refractivity contribution in [2.45, 2.75) is 13.5 Å². The van der Waals surface area contributed by atoms with E-state index in [1.807, 2.05) is 43.3 Å². The minimum absolute atomic E-state index is 0.00929. The lowest BCUT2D eigenvalue weighted by Gasteiger charge is -2.14. The molecule has 0 aliphatic heterocycles. The van der Waals surface area contributed by atoms with Crippen molar-refractivity contribution in [3.05, 3.63) is 59.2 Å². The van der Waals surface area contributed by atoms with Crippen molar-refractivity contribution in [3.8, 4) is 28.8 Å². The molecule has 2 aromatic carbocycles. The Kier molecular flexibility index (Phi) is 5.08. The first-order valence-corrected chi connectivity index (χ1v) is 8.22. The van der Waals surface area contributed by atoms with Crippen LogP contribution in [0.25, 0.3) is 11.3 Å². The maximum atomic E-state index is 9.40. The molecule has 0 atom stereocenters. The Morgan fingerprint density at radius 2 is 1.85 bits per heavy atom. The number of nitriles is 1. The number of para-hydroxylation sites is 1. The van der Waals surface area contributed by atoms with E-state index in [2.05, 4.69) is 9.97 Å². The summed E-state index contributed by atoms with van der Waals surface area (Å²) in [6.07, 6.45) is 0. The van der Waals surface area contributed by atoms with Crippen LogP contribution < -0.4 is 20.9 Å². The van der Waals surface area contributed by atoms with E-state index in [9.17, 15) is 5.26 Å². The first-order chi connectivity index (χ1) is 13.0. The molecule has 3 rings (SSSR count). The van der Waals surface area contributed by atoms with Gasteiger partial charge in [-0.25, -0.2) is 4.98 Å². The third kappa shape index (κ3) is 3.75. The van der Waals surface area contributed by atoms with E-state index >= 15 is 0 Å². The van der Waals surface area contributed by atoms with Gasteiger partial charge in [0.15, 0.2) is 0 Å². The highest BCUT2D eigenvalue weighted by atomic mass is 16.5. The molecule has 0 saturated heterocycles. The molecule has 136 valence electrons. The van der Waals surface area contributed by atoms with Gasteiger partial charge in [0.05, 0.1) is 12.8 Å². The average Bonchev–Trinajstić information content (AvgIpc) is 2.66. The minimum Gasteiger partial charge on any atom is -0.496 e. The fraction of sp³-hybridized carbons (Fsp3) is 0.150. The quantitative estimate of drug-likeness (QED) is 0.716. The predicted molar refractivity (Wildman–Crippen MR) is 103 cm³/mol. The smallest absolute Gasteiger partial charge is 0.222 e. The summed E-state index contributed by atoms with van der Waals surface area (Å²) in [5.74, 6) is 1.52. The maximum absolute atomic E-state index is 9.40. The number of nitrogens with zero attached hydrogens (tertiary/aromatic N) is 3. The molecule has 0 radical (unpaired) electrons. The Morgan fingerprint density at radius 1 is 1.07 bits per heavy atom. The molecule has 0 fully saturated rings. The maximum Gasteiger partial charge on any atom is 0.222 e. The van der Waals surface area contributed by atoms with Crippen LogP contribution in [0, 0.1) is 18.3 Å². The molecule has 27 heavy (non-hydrogen) atoms. The molecule has 0 spiro atoms. The van der Waals surface area contributed by atoms with Crippen molar-refractivity contribution < 1.29 is 9.47 Å². The third-order valence-corrected chi connectivity index (χ3v) is 4.10. The zero-order valence-corrected chi connectivity index (χ0v) is 15.1. The number of rotatable bonds is 5. The van der Waals surface area contributed by atoms with Gasteiger partial charge in [-0.1, -0.05) is 18.2 Å². The molecule has 4 N–H and O–H groups in total. The Bertz CT molecular complexity index is 1030. The summed E-state index contributed by atoms with van der Waals surface area (Å²) in [6, 6.07) is 15.2. The second-order valence-corrected chi connectivity index (χ2v) is 5.88. The van der Waals surface area contributed by atoms with Crippen LogP contribution in [0.4, 0.5) is 11.8 Å². The topological polar surface area (TPSA) is 120 Å². The Hall–Kier alpha value is -3.79. The summed E-state index contributed by atoms with van der Waals surface area (Å²) < 4.78 is 11.4. The number of aromatic nitrogens is 2. The number of benzene rings is 2. The highest BCUT2D eigenvalue weighted by Gasteiger charge is 2.15. The standard InChI is InChI=1S/C20H19N5O2/c1-12-5-3-4-6-16(12)27-11-14-9-13(7-8-17(14)26-2)18-15(10-21)19(22)25-20(23)24-18/h3-9H,11H2,1-2H3,(H4,22,23,24,25). The molecule has 0 amide bonds. The summed E-state index contributed by atoms with van der Waals surface area (Å²) in [7, 11) is 1.59. The highest BCUT2D eigenvalue weighted by molar-refractivity contribution is 5.74. The summed E-state index contributed by atoms with van der Waals surface area (Å²) in [4.78, 5) is 8.03. The predicted octanol–water partition coefficient (Wildman–Crippen LogP) is 3.08. The zero-order valence-electron chi connectivity index (χ0n) is 15.1. The number of aryl methyl sites for hydroxylation is 1. The van der Waals surface area contributed by atoms with Gasteiger partial charge in [0, 0.05) is 11.1 Å². The van der Waals surface area contributed by atoms with E-state index < -0.39 is 0 Å². The van der Waals surface area contributed by atoms with E-state index in [1.54, 1.807) is 19.2 Å². The van der Waals surface area contributed by atoms with Crippen molar-refractivity contribution in [2.75, 3.05) is 18.6 Å². The van der Waals surface area contributed by atoms with Gasteiger partial charge in [0.1, 0.15) is 35.6 Å². The van der Waals surface area contributed by atoms with E-state index in [1.165, 1.54) is 0 Å². The van der Waals surface area contributed by atoms with E-state index in [-0.39, 0.29) is 17.3 Å². The van der Waals surface area contributed by atoms with Crippen LogP contribution in [-0.2, 0) is 6.61 Å². The fourth-order valence-electron chi connectivity index (χ4n) is 2.73. The first-order valence-electron chi connectivity index (χ1n) is 8.22. The van der Waals surface area contributed by atoms with Crippen LogP contribution in [0.15, 0.2) is 42.5 Å². The number of ether oxygens (including phenoxy) is 2. The van der Waals surface area contributed by atoms with Gasteiger partial charge in [-0.15, -0.1) is 0 Å². The van der Waals surface area contributed by atoms with E-state index in [4.69, 9.17) is 20.9 Å². The molecule has 3 aromatic rings. The normalized spacial score (nSPS) is 10.3. The van der Waals surface area contributed by atoms with Crippen molar-refractivity contribution in [3.63, 3.8) is 0 Å². The summed E-state index contributed by atoms with van der Waals surface area (Å²) in [5, 5.41) is 9.40. The van der Waals surface area contributed by atoms with Gasteiger partial charge in [0.25, 0.3) is 0 Å². The van der Waals surface area contributed by atoms with Crippen LogP contribution in [0.3, 0.4) is 0 Å². The SMILES string of the molecule is COc1ccc(-c2nc(N)nc(N)c2C#N)cc1COc1ccccc1C. The molecule has 0 unspecified atom stereocenters. The molecular formula is C20H19N5O2. The van der Waals surface area contributed by atoms with Crippen LogP contribution in [0.1, 0.15) is 16.7 Å². The van der Waals surface area contributed by atoms with Gasteiger partial charge in [-0.3, -0.25) is 0 Å². The molecule has 0 bridgehead atoms. The molecule has 7 heteroatoms. The lowest BCUT2D eigenvalue weighted by atomic mass is 10.0. The van der Waals surface area contributed by atoms with Crippen molar-refractivity contribution >= 4 is 11.8 Å². The molecule has 0 aliphatic carbocycles. The average molecular weight is 361 g/mol. The highest BCUT2D eigenvalue weighted by Crippen LogP contribution is 2.30. The lowest BCUT2D eigenvalue weighted by Crippen LogP contribution is -2.06. The Labute approximate surface area is 157 Å². The second-order valence-electron chi connectivity index (χ2n) is 5.88. The van der Waals surface area contributed by atoms with Crippen LogP contribution in [-0.4, -0.2) is 17.1 Å². The van der Waals surface area contributed by atoms with Crippen molar-refractivity contribution in [1.29, 1.82) is 5.26 Å². The van der Waals surface area contributed by atoms with Gasteiger partial charge >= 0.3 is 0 Å². The monoisotopic (exact) mass is 361 g/mol. The van der Waals surface area contributed by atoms with Crippen LogP contribution >= 0.6 is 0 Å². The van der Waals surface area contributed by atoms with E-state index in [0.29, 0.717) is 23.6 Å². The number of anilines is 2. The van der Waals surface area contributed by atoms with Crippen molar-refractivity contribution in [2.24, 2.45) is 0 Å². The van der Waals surface area contributed by atoms with Gasteiger partial charge in [0.2, 0.25) is 5.95 Å². The first kappa shape index (κ1) is 18.0. The Balaban J connectivity index is 2.00. The van der Waals surface area contributed by atoms with Gasteiger partial charge in [-0.2, -0.15) is 10.2 Å². The minimum atomic E-state index is 0.00929. The van der Waals surface area contributed by atoms with Crippen LogP contribution in [0.2, 0.25) is 0 Å². The van der Waals surface area contributed by atoms with Crippen LogP contribution in [0.5, 0.6) is 11.5 Å².